The third kappa shape index (κ3) is 3.78. The number of benzene rings is 2. The Morgan fingerprint density at radius 3 is 2.30 bits per heavy atom. The molecular weight excluding hydrogens is 391 g/mol. The summed E-state index contributed by atoms with van der Waals surface area (Å²) >= 11 is 2.15. The van der Waals surface area contributed by atoms with Crippen LogP contribution in [-0.4, -0.2) is 14.3 Å². The van der Waals surface area contributed by atoms with Gasteiger partial charge >= 0.3 is 0 Å². The molecule has 0 atom stereocenters. The molecule has 5 nitrogen and oxygen atoms in total. The van der Waals surface area contributed by atoms with Crippen LogP contribution in [0.15, 0.2) is 53.4 Å². The van der Waals surface area contributed by atoms with E-state index in [1.54, 1.807) is 6.07 Å². The quantitative estimate of drug-likeness (QED) is 0.772. The van der Waals surface area contributed by atoms with Gasteiger partial charge in [0.1, 0.15) is 0 Å². The van der Waals surface area contributed by atoms with Gasteiger partial charge in [0.25, 0.3) is 5.91 Å². The summed E-state index contributed by atoms with van der Waals surface area (Å²) in [6.45, 7) is 0. The number of sulfonamides is 1. The molecule has 0 heterocycles. The van der Waals surface area contributed by atoms with Crippen LogP contribution in [0.4, 0.5) is 5.69 Å². The molecule has 0 bridgehead atoms. The van der Waals surface area contributed by atoms with E-state index in [1.807, 2.05) is 18.2 Å². The highest BCUT2D eigenvalue weighted by molar-refractivity contribution is 14.1. The highest BCUT2D eigenvalue weighted by Gasteiger charge is 2.10. The second kappa shape index (κ2) is 5.90. The Bertz CT molecular complexity index is 742. The highest BCUT2D eigenvalue weighted by Crippen LogP contribution is 2.14. The van der Waals surface area contributed by atoms with E-state index in [0.717, 1.165) is 3.57 Å². The molecule has 0 radical (unpaired) electrons. The van der Waals surface area contributed by atoms with Gasteiger partial charge in [-0.2, -0.15) is 0 Å². The Morgan fingerprint density at radius 2 is 1.75 bits per heavy atom. The van der Waals surface area contributed by atoms with Gasteiger partial charge in [0.15, 0.2) is 0 Å². The Kier molecular flexibility index (Phi) is 4.41. The van der Waals surface area contributed by atoms with Crippen molar-refractivity contribution in [1.82, 2.24) is 0 Å². The van der Waals surface area contributed by atoms with Gasteiger partial charge in [-0.1, -0.05) is 6.07 Å². The van der Waals surface area contributed by atoms with Crippen LogP contribution < -0.4 is 10.5 Å². The molecule has 0 fully saturated rings. The topological polar surface area (TPSA) is 89.3 Å². The van der Waals surface area contributed by atoms with E-state index in [9.17, 15) is 13.2 Å². The maximum atomic E-state index is 12.0. The average Bonchev–Trinajstić information content (AvgIpc) is 2.38. The van der Waals surface area contributed by atoms with E-state index >= 15 is 0 Å². The second-order valence-electron chi connectivity index (χ2n) is 4.03. The number of carbonyl (C=O) groups is 1. The molecule has 0 aliphatic carbocycles. The molecule has 2 aromatic carbocycles. The van der Waals surface area contributed by atoms with Crippen LogP contribution in [0.1, 0.15) is 10.4 Å². The van der Waals surface area contributed by atoms with Gasteiger partial charge in [-0.05, 0) is 65.1 Å². The standard InChI is InChI=1S/C13H11IN2O3S/c14-10-2-1-3-11(8-10)16-13(17)9-4-6-12(7-5-9)20(15,18)19/h1-8H,(H,16,17)(H2,15,18,19). The van der Waals surface area contributed by atoms with Crippen molar-refractivity contribution < 1.29 is 13.2 Å². The Hall–Kier alpha value is -1.45. The molecular formula is C13H11IN2O3S. The first-order valence-electron chi connectivity index (χ1n) is 5.56. The Balaban J connectivity index is 2.18. The number of anilines is 1. The van der Waals surface area contributed by atoms with Gasteiger partial charge < -0.3 is 5.32 Å². The Morgan fingerprint density at radius 1 is 1.10 bits per heavy atom. The molecule has 0 aromatic heterocycles. The normalized spacial score (nSPS) is 11.1. The minimum absolute atomic E-state index is 0.0247. The zero-order chi connectivity index (χ0) is 14.8. The fourth-order valence-corrected chi connectivity index (χ4v) is 2.62. The molecule has 0 saturated heterocycles. The van der Waals surface area contributed by atoms with Crippen LogP contribution in [0.2, 0.25) is 0 Å². The predicted octanol–water partition coefficient (Wildman–Crippen LogP) is 2.19. The van der Waals surface area contributed by atoms with Crippen molar-refractivity contribution in [1.29, 1.82) is 0 Å². The number of rotatable bonds is 3. The van der Waals surface area contributed by atoms with Crippen LogP contribution in [0.3, 0.4) is 0 Å². The monoisotopic (exact) mass is 402 g/mol. The zero-order valence-electron chi connectivity index (χ0n) is 10.2. The van der Waals surface area contributed by atoms with Crippen LogP contribution in [-0.2, 0) is 10.0 Å². The second-order valence-corrected chi connectivity index (χ2v) is 6.84. The van der Waals surface area contributed by atoms with Gasteiger partial charge in [-0.15, -0.1) is 0 Å². The maximum absolute atomic E-state index is 12.0. The van der Waals surface area contributed by atoms with E-state index in [-0.39, 0.29) is 10.8 Å². The Labute approximate surface area is 130 Å². The number of primary sulfonamides is 1. The number of hydrogen-bond acceptors (Lipinski definition) is 3. The van der Waals surface area contributed by atoms with Gasteiger partial charge in [-0.3, -0.25) is 4.79 Å². The summed E-state index contributed by atoms with van der Waals surface area (Å²) in [4.78, 5) is 12.0. The first kappa shape index (κ1) is 14.9. The molecule has 2 aromatic rings. The van der Waals surface area contributed by atoms with Gasteiger partial charge in [0.2, 0.25) is 10.0 Å². The fourth-order valence-electron chi connectivity index (χ4n) is 1.57. The van der Waals surface area contributed by atoms with E-state index < -0.39 is 10.0 Å². The van der Waals surface area contributed by atoms with Gasteiger partial charge in [0.05, 0.1) is 4.90 Å². The molecule has 0 saturated carbocycles. The number of nitrogens with two attached hydrogens (primary N) is 1. The molecule has 0 unspecified atom stereocenters. The molecule has 0 spiro atoms. The number of hydrogen-bond donors (Lipinski definition) is 2. The lowest BCUT2D eigenvalue weighted by Gasteiger charge is -2.06. The summed E-state index contributed by atoms with van der Waals surface area (Å²) in [5.41, 5.74) is 1.04. The number of halogens is 1. The predicted molar refractivity (Wildman–Crippen MR) is 84.9 cm³/mol. The van der Waals surface area contributed by atoms with Gasteiger partial charge in [0, 0.05) is 14.8 Å². The van der Waals surface area contributed by atoms with Crippen LogP contribution in [0, 0.1) is 3.57 Å². The van der Waals surface area contributed by atoms with Crippen molar-refractivity contribution in [3.05, 3.63) is 57.7 Å². The molecule has 104 valence electrons. The molecule has 0 aliphatic heterocycles. The SMILES string of the molecule is NS(=O)(=O)c1ccc(C(=O)Nc2cccc(I)c2)cc1. The summed E-state index contributed by atoms with van der Waals surface area (Å²) in [5.74, 6) is -0.312. The summed E-state index contributed by atoms with van der Waals surface area (Å²) in [5, 5.41) is 7.73. The largest absolute Gasteiger partial charge is 0.322 e. The summed E-state index contributed by atoms with van der Waals surface area (Å²) in [6, 6.07) is 12.8. The minimum atomic E-state index is -3.74. The maximum Gasteiger partial charge on any atom is 0.255 e. The van der Waals surface area contributed by atoms with Crippen molar-refractivity contribution in [2.24, 2.45) is 5.14 Å². The van der Waals surface area contributed by atoms with Crippen molar-refractivity contribution >= 4 is 44.2 Å². The highest BCUT2D eigenvalue weighted by atomic mass is 127. The number of carbonyl (C=O) groups excluding carboxylic acids is 1. The van der Waals surface area contributed by atoms with E-state index in [0.29, 0.717) is 11.3 Å². The molecule has 2 rings (SSSR count). The van der Waals surface area contributed by atoms with Crippen molar-refractivity contribution in [3.8, 4) is 0 Å². The molecule has 3 N–H and O–H groups in total. The summed E-state index contributed by atoms with van der Waals surface area (Å²) in [6.07, 6.45) is 0. The van der Waals surface area contributed by atoms with Crippen molar-refractivity contribution in [2.75, 3.05) is 5.32 Å². The van der Waals surface area contributed by atoms with E-state index in [2.05, 4.69) is 27.9 Å². The molecule has 20 heavy (non-hydrogen) atoms. The third-order valence-corrected chi connectivity index (χ3v) is 4.13. The van der Waals surface area contributed by atoms with Gasteiger partial charge in [-0.25, -0.2) is 13.6 Å². The first-order valence-corrected chi connectivity index (χ1v) is 8.18. The summed E-state index contributed by atoms with van der Waals surface area (Å²) < 4.78 is 23.2. The lowest BCUT2D eigenvalue weighted by Crippen LogP contribution is -2.14. The number of nitrogens with one attached hydrogen (secondary N) is 1. The smallest absolute Gasteiger partial charge is 0.255 e. The lowest BCUT2D eigenvalue weighted by molar-refractivity contribution is 0.102. The summed E-state index contributed by atoms with van der Waals surface area (Å²) in [7, 11) is -3.74. The van der Waals surface area contributed by atoms with E-state index in [1.165, 1.54) is 24.3 Å². The van der Waals surface area contributed by atoms with Crippen LogP contribution >= 0.6 is 22.6 Å². The molecule has 7 heteroatoms. The third-order valence-electron chi connectivity index (χ3n) is 2.53. The first-order chi connectivity index (χ1) is 9.36. The molecule has 1 amide bonds. The van der Waals surface area contributed by atoms with Crippen LogP contribution in [0.5, 0.6) is 0 Å². The average molecular weight is 402 g/mol. The van der Waals surface area contributed by atoms with E-state index in [4.69, 9.17) is 5.14 Å². The van der Waals surface area contributed by atoms with Crippen molar-refractivity contribution in [3.63, 3.8) is 0 Å². The van der Waals surface area contributed by atoms with Crippen molar-refractivity contribution in [2.45, 2.75) is 4.90 Å². The molecule has 0 aliphatic rings. The lowest BCUT2D eigenvalue weighted by atomic mass is 10.2. The zero-order valence-corrected chi connectivity index (χ0v) is 13.2. The number of amides is 1. The minimum Gasteiger partial charge on any atom is -0.322 e. The fraction of sp³-hybridized carbons (Fsp3) is 0. The van der Waals surface area contributed by atoms with Crippen LogP contribution in [0.25, 0.3) is 0 Å².